The summed E-state index contributed by atoms with van der Waals surface area (Å²) in [6.07, 6.45) is 1.39. The zero-order chi connectivity index (χ0) is 18.8. The second-order valence-electron chi connectivity index (χ2n) is 6.71. The highest BCUT2D eigenvalue weighted by Gasteiger charge is 2.27. The third-order valence-electron chi connectivity index (χ3n) is 4.51. The Hall–Kier alpha value is -2.64. The Morgan fingerprint density at radius 3 is 2.46 bits per heavy atom. The monoisotopic (exact) mass is 359 g/mol. The van der Waals surface area contributed by atoms with Crippen molar-refractivity contribution in [3.8, 4) is 0 Å². The molecule has 3 heterocycles. The zero-order valence-corrected chi connectivity index (χ0v) is 15.7. The van der Waals surface area contributed by atoms with E-state index in [-0.39, 0.29) is 18.0 Å². The van der Waals surface area contributed by atoms with Crippen molar-refractivity contribution in [3.63, 3.8) is 0 Å². The lowest BCUT2D eigenvalue weighted by molar-refractivity contribution is 0.0572. The number of hydrogen-bond donors (Lipinski definition) is 0. The van der Waals surface area contributed by atoms with Crippen LogP contribution in [0.4, 0.5) is 4.79 Å². The van der Waals surface area contributed by atoms with Crippen LogP contribution in [0.25, 0.3) is 11.0 Å². The molecule has 0 unspecified atom stereocenters. The molecule has 3 rings (SSSR count). The van der Waals surface area contributed by atoms with Crippen LogP contribution in [0.3, 0.4) is 0 Å². The van der Waals surface area contributed by atoms with Crippen molar-refractivity contribution >= 4 is 23.0 Å². The van der Waals surface area contributed by atoms with Crippen LogP contribution in [-0.4, -0.2) is 69.4 Å². The van der Waals surface area contributed by atoms with E-state index in [0.717, 1.165) is 16.7 Å². The number of carbonyl (C=O) groups excluding carboxylic acids is 2. The van der Waals surface area contributed by atoms with Gasteiger partial charge in [-0.05, 0) is 33.8 Å². The van der Waals surface area contributed by atoms with Gasteiger partial charge in [-0.3, -0.25) is 4.79 Å². The van der Waals surface area contributed by atoms with Crippen molar-refractivity contribution < 1.29 is 14.3 Å². The molecule has 1 aliphatic rings. The molecule has 8 nitrogen and oxygen atoms in total. The minimum atomic E-state index is -0.319. The summed E-state index contributed by atoms with van der Waals surface area (Å²) >= 11 is 0. The molecule has 0 atom stereocenters. The van der Waals surface area contributed by atoms with Gasteiger partial charge in [-0.1, -0.05) is 0 Å². The van der Waals surface area contributed by atoms with Crippen LogP contribution < -0.4 is 0 Å². The predicted molar refractivity (Wildman–Crippen MR) is 97.1 cm³/mol. The van der Waals surface area contributed by atoms with Gasteiger partial charge < -0.3 is 14.5 Å². The molecule has 0 aromatic carbocycles. The molecule has 0 spiro atoms. The van der Waals surface area contributed by atoms with Gasteiger partial charge in [0, 0.05) is 37.9 Å². The van der Waals surface area contributed by atoms with Gasteiger partial charge in [-0.25, -0.2) is 14.5 Å². The first-order chi connectivity index (χ1) is 12.4. The second-order valence-corrected chi connectivity index (χ2v) is 6.71. The highest BCUT2D eigenvalue weighted by atomic mass is 16.6. The number of aryl methyl sites for hydroxylation is 1. The fourth-order valence-electron chi connectivity index (χ4n) is 3.18. The van der Waals surface area contributed by atoms with Crippen LogP contribution in [0.1, 0.15) is 42.9 Å². The predicted octanol–water partition coefficient (Wildman–Crippen LogP) is 2.23. The van der Waals surface area contributed by atoms with Gasteiger partial charge in [0.1, 0.15) is 0 Å². The van der Waals surface area contributed by atoms with E-state index in [0.29, 0.717) is 38.3 Å². The Morgan fingerprint density at radius 2 is 1.85 bits per heavy atom. The van der Waals surface area contributed by atoms with Gasteiger partial charge >= 0.3 is 6.09 Å². The topological polar surface area (TPSA) is 80.6 Å². The first-order valence-electron chi connectivity index (χ1n) is 8.98. The fraction of sp³-hybridized carbons (Fsp3) is 0.556. The summed E-state index contributed by atoms with van der Waals surface area (Å²) < 4.78 is 6.86. The number of fused-ring (bicyclic) bond motifs is 1. The van der Waals surface area contributed by atoms with E-state index in [2.05, 4.69) is 10.1 Å². The van der Waals surface area contributed by atoms with Gasteiger partial charge in [0.2, 0.25) is 0 Å². The molecule has 0 saturated carbocycles. The van der Waals surface area contributed by atoms with E-state index in [1.54, 1.807) is 22.9 Å². The molecule has 1 aliphatic heterocycles. The lowest BCUT2D eigenvalue weighted by Crippen LogP contribution is -2.50. The number of aromatic nitrogens is 3. The lowest BCUT2D eigenvalue weighted by Gasteiger charge is -2.34. The summed E-state index contributed by atoms with van der Waals surface area (Å²) in [6.45, 7) is 10.0. The minimum Gasteiger partial charge on any atom is -0.450 e. The van der Waals surface area contributed by atoms with Gasteiger partial charge in [0.25, 0.3) is 5.91 Å². The van der Waals surface area contributed by atoms with Crippen molar-refractivity contribution in [3.05, 3.63) is 23.5 Å². The molecule has 0 bridgehead atoms. The van der Waals surface area contributed by atoms with E-state index >= 15 is 0 Å². The molecule has 0 aliphatic carbocycles. The van der Waals surface area contributed by atoms with Crippen molar-refractivity contribution in [2.45, 2.75) is 33.7 Å². The van der Waals surface area contributed by atoms with E-state index in [1.807, 2.05) is 31.5 Å². The Balaban J connectivity index is 1.82. The van der Waals surface area contributed by atoms with Gasteiger partial charge in [0.15, 0.2) is 5.65 Å². The summed E-state index contributed by atoms with van der Waals surface area (Å²) in [7, 11) is 0. The number of amides is 2. The molecule has 8 heteroatoms. The van der Waals surface area contributed by atoms with Gasteiger partial charge in [-0.15, -0.1) is 0 Å². The van der Waals surface area contributed by atoms with Crippen LogP contribution in [0.2, 0.25) is 0 Å². The first-order valence-corrected chi connectivity index (χ1v) is 8.98. The Bertz CT molecular complexity index is 822. The number of rotatable bonds is 3. The molecule has 2 aromatic rings. The smallest absolute Gasteiger partial charge is 0.409 e. The van der Waals surface area contributed by atoms with E-state index in [4.69, 9.17) is 4.74 Å². The third kappa shape index (κ3) is 3.36. The number of ether oxygens (including phenoxy) is 1. The Morgan fingerprint density at radius 1 is 1.19 bits per heavy atom. The number of piperazine rings is 1. The van der Waals surface area contributed by atoms with Crippen LogP contribution in [0, 0.1) is 6.92 Å². The van der Waals surface area contributed by atoms with Crippen molar-refractivity contribution in [1.29, 1.82) is 0 Å². The summed E-state index contributed by atoms with van der Waals surface area (Å²) in [5.74, 6) is -0.0488. The largest absolute Gasteiger partial charge is 0.450 e. The second kappa shape index (κ2) is 7.31. The zero-order valence-electron chi connectivity index (χ0n) is 15.7. The number of hydrogen-bond acceptors (Lipinski definition) is 5. The highest BCUT2D eigenvalue weighted by Crippen LogP contribution is 2.22. The molecule has 26 heavy (non-hydrogen) atoms. The molecule has 0 N–H and O–H groups in total. The maximum absolute atomic E-state index is 13.1. The van der Waals surface area contributed by atoms with Crippen molar-refractivity contribution in [2.75, 3.05) is 32.8 Å². The normalized spacial score (nSPS) is 15.0. The molecule has 2 amide bonds. The Labute approximate surface area is 152 Å². The molecule has 0 radical (unpaired) electrons. The maximum Gasteiger partial charge on any atom is 0.409 e. The number of carbonyl (C=O) groups is 2. The van der Waals surface area contributed by atoms with Crippen LogP contribution in [0.15, 0.2) is 12.3 Å². The standard InChI is InChI=1S/C18H25N5O3/c1-5-26-18(25)22-8-6-21(7-9-22)17(24)14-10-13(4)20-16-15(14)11-19-23(16)12(2)3/h10-12H,5-9H2,1-4H3. The van der Waals surface area contributed by atoms with Gasteiger partial charge in [0.05, 0.1) is 23.8 Å². The molecule has 1 fully saturated rings. The Kier molecular flexibility index (Phi) is 5.11. The molecule has 1 saturated heterocycles. The number of nitrogens with zero attached hydrogens (tertiary/aromatic N) is 5. The summed E-state index contributed by atoms with van der Waals surface area (Å²) in [4.78, 5) is 32.9. The first kappa shape index (κ1) is 18.2. The third-order valence-corrected chi connectivity index (χ3v) is 4.51. The molecule has 140 valence electrons. The average Bonchev–Trinajstić information content (AvgIpc) is 3.04. The molecular weight excluding hydrogens is 334 g/mol. The summed E-state index contributed by atoms with van der Waals surface area (Å²) in [6, 6.07) is 1.98. The van der Waals surface area contributed by atoms with E-state index in [1.165, 1.54) is 0 Å². The number of pyridine rings is 1. The molecular formula is C18H25N5O3. The SMILES string of the molecule is CCOC(=O)N1CCN(C(=O)c2cc(C)nc3c2cnn3C(C)C)CC1. The minimum absolute atomic E-state index is 0.0488. The summed E-state index contributed by atoms with van der Waals surface area (Å²) in [5, 5.41) is 5.16. The van der Waals surface area contributed by atoms with Crippen LogP contribution in [0.5, 0.6) is 0 Å². The van der Waals surface area contributed by atoms with Crippen molar-refractivity contribution in [1.82, 2.24) is 24.6 Å². The average molecular weight is 359 g/mol. The molecule has 2 aromatic heterocycles. The fourth-order valence-corrected chi connectivity index (χ4v) is 3.18. The van der Waals surface area contributed by atoms with Gasteiger partial charge in [-0.2, -0.15) is 5.10 Å². The van der Waals surface area contributed by atoms with Crippen LogP contribution >= 0.6 is 0 Å². The lowest BCUT2D eigenvalue weighted by atomic mass is 10.1. The maximum atomic E-state index is 13.1. The summed E-state index contributed by atoms with van der Waals surface area (Å²) in [5.41, 5.74) is 2.13. The van der Waals surface area contributed by atoms with Crippen molar-refractivity contribution in [2.24, 2.45) is 0 Å². The highest BCUT2D eigenvalue weighted by molar-refractivity contribution is 6.05. The quantitative estimate of drug-likeness (QED) is 0.839. The van der Waals surface area contributed by atoms with E-state index in [9.17, 15) is 9.59 Å². The van der Waals surface area contributed by atoms with E-state index < -0.39 is 0 Å². The van der Waals surface area contributed by atoms with Crippen LogP contribution in [-0.2, 0) is 4.74 Å².